The number of phenols is 1. The first-order chi connectivity index (χ1) is 11.6. The number of amidine groups is 1. The van der Waals surface area contributed by atoms with Gasteiger partial charge in [0.2, 0.25) is 0 Å². The Kier molecular flexibility index (Phi) is 5.17. The van der Waals surface area contributed by atoms with Gasteiger partial charge in [0.25, 0.3) is 0 Å². The van der Waals surface area contributed by atoms with E-state index in [-0.39, 0.29) is 28.7 Å². The Balaban J connectivity index is 0.00000182. The van der Waals surface area contributed by atoms with Crippen molar-refractivity contribution in [2.24, 2.45) is 4.99 Å². The molecule has 0 spiro atoms. The molecule has 3 heterocycles. The first kappa shape index (κ1) is 18.3. The van der Waals surface area contributed by atoms with Gasteiger partial charge < -0.3 is 19.2 Å². The number of thioether (sulfide) groups is 1. The van der Waals surface area contributed by atoms with Crippen LogP contribution >= 0.6 is 44.7 Å². The third-order valence-electron chi connectivity index (χ3n) is 3.79. The van der Waals surface area contributed by atoms with Crippen LogP contribution in [0.3, 0.4) is 0 Å². The highest BCUT2D eigenvalue weighted by atomic mass is 79.9. The van der Waals surface area contributed by atoms with Gasteiger partial charge in [-0.2, -0.15) is 0 Å². The highest BCUT2D eigenvalue weighted by Gasteiger charge is 2.38. The molecule has 2 aliphatic rings. The summed E-state index contributed by atoms with van der Waals surface area (Å²) in [6.07, 6.45) is 0. The Hall–Kier alpha value is -1.45. The van der Waals surface area contributed by atoms with Crippen molar-refractivity contribution in [3.05, 3.63) is 33.3 Å². The lowest BCUT2D eigenvalue weighted by Gasteiger charge is -2.14. The smallest absolute Gasteiger partial charge is 0.347 e. The number of carbonyl (C=O) groups is 1. The van der Waals surface area contributed by atoms with E-state index in [2.05, 4.69) is 20.9 Å². The van der Waals surface area contributed by atoms with Crippen molar-refractivity contribution >= 4 is 72.5 Å². The van der Waals surface area contributed by atoms with E-state index in [4.69, 9.17) is 9.15 Å². The summed E-state index contributed by atoms with van der Waals surface area (Å²) in [5.41, 5.74) is 1.30. The molecule has 1 aromatic carbocycles. The molecule has 0 saturated carbocycles. The first-order valence-electron chi connectivity index (χ1n) is 7.42. The van der Waals surface area contributed by atoms with E-state index in [9.17, 15) is 9.90 Å². The first-order valence-corrected chi connectivity index (χ1v) is 9.03. The molecule has 25 heavy (non-hydrogen) atoms. The Morgan fingerprint density at radius 3 is 3.08 bits per heavy atom. The molecule has 0 bridgehead atoms. The van der Waals surface area contributed by atoms with Crippen molar-refractivity contribution in [1.29, 1.82) is 0 Å². The molecular weight excluding hydrogens is 476 g/mol. The quantitative estimate of drug-likeness (QED) is 0.653. The minimum Gasteiger partial charge on any atom is -0.507 e. The molecule has 9 heteroatoms. The molecule has 0 fully saturated rings. The molecule has 1 aromatic heterocycles. The fourth-order valence-electron chi connectivity index (χ4n) is 2.75. The predicted octanol–water partition coefficient (Wildman–Crippen LogP) is 4.13. The van der Waals surface area contributed by atoms with E-state index in [0.717, 1.165) is 10.6 Å². The molecule has 0 radical (unpaired) electrons. The summed E-state index contributed by atoms with van der Waals surface area (Å²) in [5.74, 6) is 0.314. The zero-order valence-electron chi connectivity index (χ0n) is 13.1. The number of phenolic OH excluding ortho intramolecular Hbond substituents is 1. The Labute approximate surface area is 166 Å². The second kappa shape index (κ2) is 7.05. The molecule has 2 aromatic rings. The van der Waals surface area contributed by atoms with Crippen LogP contribution in [0, 0.1) is 0 Å². The van der Waals surface area contributed by atoms with Crippen molar-refractivity contribution in [2.45, 2.75) is 6.92 Å². The molecule has 0 atom stereocenters. The van der Waals surface area contributed by atoms with Gasteiger partial charge in [-0.05, 0) is 52.8 Å². The summed E-state index contributed by atoms with van der Waals surface area (Å²) < 4.78 is 11.7. The largest absolute Gasteiger partial charge is 0.507 e. The second-order valence-corrected chi connectivity index (χ2v) is 7.01. The predicted molar refractivity (Wildman–Crippen MR) is 106 cm³/mol. The number of fused-ring (bicyclic) bond motifs is 2. The number of nitrogens with zero attached hydrogens (tertiary/aromatic N) is 2. The third-order valence-corrected chi connectivity index (χ3v) is 5.72. The number of furan rings is 1. The Morgan fingerprint density at radius 1 is 1.52 bits per heavy atom. The topological polar surface area (TPSA) is 75.3 Å². The lowest BCUT2D eigenvalue weighted by molar-refractivity contribution is -0.137. The van der Waals surface area contributed by atoms with Crippen LogP contribution in [0.2, 0.25) is 0 Å². The second-order valence-electron chi connectivity index (χ2n) is 5.24. The number of halogens is 2. The van der Waals surface area contributed by atoms with Crippen LogP contribution in [0.15, 0.2) is 37.0 Å². The summed E-state index contributed by atoms with van der Waals surface area (Å²) in [6.45, 7) is 3.47. The van der Waals surface area contributed by atoms with Crippen LogP contribution in [-0.2, 0) is 9.53 Å². The number of hydrogen-bond donors (Lipinski definition) is 1. The summed E-state index contributed by atoms with van der Waals surface area (Å²) in [6, 6.07) is 5.08. The highest BCUT2D eigenvalue weighted by molar-refractivity contribution is 9.10. The van der Waals surface area contributed by atoms with Gasteiger partial charge in [0, 0.05) is 11.9 Å². The maximum atomic E-state index is 12.3. The maximum absolute atomic E-state index is 12.3. The Bertz CT molecular complexity index is 922. The van der Waals surface area contributed by atoms with Crippen molar-refractivity contribution in [2.75, 3.05) is 19.7 Å². The van der Waals surface area contributed by atoms with Crippen molar-refractivity contribution in [3.63, 3.8) is 0 Å². The van der Waals surface area contributed by atoms with E-state index in [1.807, 2.05) is 11.0 Å². The number of rotatable bonds is 3. The number of aromatic hydroxyl groups is 1. The monoisotopic (exact) mass is 488 g/mol. The molecule has 0 amide bonds. The summed E-state index contributed by atoms with van der Waals surface area (Å²) in [5, 5.41) is 11.4. The van der Waals surface area contributed by atoms with Gasteiger partial charge >= 0.3 is 5.97 Å². The number of hydrogen-bond acceptors (Lipinski definition) is 7. The van der Waals surface area contributed by atoms with Gasteiger partial charge in [-0.15, -0.1) is 17.0 Å². The van der Waals surface area contributed by atoms with Crippen molar-refractivity contribution < 1.29 is 19.1 Å². The fraction of sp³-hybridized carbons (Fsp3) is 0.250. The van der Waals surface area contributed by atoms with Crippen LogP contribution in [0.1, 0.15) is 12.7 Å². The highest BCUT2D eigenvalue weighted by Crippen LogP contribution is 2.44. The van der Waals surface area contributed by atoms with E-state index in [1.54, 1.807) is 19.1 Å². The molecule has 4 rings (SSSR count). The van der Waals surface area contributed by atoms with Gasteiger partial charge in [0.05, 0.1) is 17.6 Å². The van der Waals surface area contributed by atoms with E-state index in [1.165, 1.54) is 11.8 Å². The molecule has 0 aliphatic carbocycles. The fourth-order valence-corrected chi connectivity index (χ4v) is 4.27. The lowest BCUT2D eigenvalue weighted by atomic mass is 10.2. The van der Waals surface area contributed by atoms with Crippen molar-refractivity contribution in [3.8, 4) is 5.75 Å². The molecule has 0 unspecified atom stereocenters. The molecular formula is C16H14Br2N2O4S. The minimum absolute atomic E-state index is 0. The number of benzene rings is 1. The van der Waals surface area contributed by atoms with Gasteiger partial charge in [-0.3, -0.25) is 4.99 Å². The maximum Gasteiger partial charge on any atom is 0.347 e. The average Bonchev–Trinajstić information content (AvgIpc) is 3.24. The lowest BCUT2D eigenvalue weighted by Crippen LogP contribution is -2.20. The van der Waals surface area contributed by atoms with E-state index in [0.29, 0.717) is 46.1 Å². The molecule has 0 saturated heterocycles. The molecule has 1 N–H and O–H groups in total. The average molecular weight is 490 g/mol. The SMILES string of the molecule is Br.CCOC(=O)C1=C(c2cc3c(Br)c(O)ccc3o2)N2CCN=C2S1. The normalized spacial score (nSPS) is 16.1. The number of ether oxygens (including phenoxy) is 1. The number of carbonyl (C=O) groups excluding carboxylic acids is 1. The van der Waals surface area contributed by atoms with Crippen LogP contribution in [0.25, 0.3) is 16.7 Å². The number of esters is 1. The molecule has 2 aliphatic heterocycles. The summed E-state index contributed by atoms with van der Waals surface area (Å²) in [7, 11) is 0. The zero-order chi connectivity index (χ0) is 16.8. The standard InChI is InChI=1S/C16H13BrN2O4S.BrH/c1-2-22-15(21)14-13(19-6-5-18-16(19)24-14)11-7-8-10(23-11)4-3-9(20)12(8)17;/h3-4,7,20H,2,5-6H2,1H3;1H. The summed E-state index contributed by atoms with van der Waals surface area (Å²) in [4.78, 5) is 19.2. The zero-order valence-corrected chi connectivity index (χ0v) is 17.2. The van der Waals surface area contributed by atoms with Gasteiger partial charge in [-0.1, -0.05) is 0 Å². The van der Waals surface area contributed by atoms with Gasteiger partial charge in [0.15, 0.2) is 10.9 Å². The van der Waals surface area contributed by atoms with Crippen LogP contribution in [0.4, 0.5) is 0 Å². The molecule has 6 nitrogen and oxygen atoms in total. The van der Waals surface area contributed by atoms with E-state index < -0.39 is 0 Å². The molecule has 132 valence electrons. The van der Waals surface area contributed by atoms with E-state index >= 15 is 0 Å². The Morgan fingerprint density at radius 2 is 2.32 bits per heavy atom. The van der Waals surface area contributed by atoms with Gasteiger partial charge in [-0.25, -0.2) is 4.79 Å². The minimum atomic E-state index is -0.378. The van der Waals surface area contributed by atoms with Crippen LogP contribution in [0.5, 0.6) is 5.75 Å². The third kappa shape index (κ3) is 2.98. The number of aliphatic imine (C=N–C) groups is 1. The summed E-state index contributed by atoms with van der Waals surface area (Å²) >= 11 is 4.68. The van der Waals surface area contributed by atoms with Crippen LogP contribution in [-0.4, -0.2) is 40.8 Å². The van der Waals surface area contributed by atoms with Crippen molar-refractivity contribution in [1.82, 2.24) is 4.90 Å². The van der Waals surface area contributed by atoms with Crippen LogP contribution < -0.4 is 0 Å². The van der Waals surface area contributed by atoms with Gasteiger partial charge in [0.1, 0.15) is 21.9 Å².